The van der Waals surface area contributed by atoms with Gasteiger partial charge in [0.05, 0.1) is 5.69 Å². The van der Waals surface area contributed by atoms with Crippen LogP contribution in [0.2, 0.25) is 0 Å². The Labute approximate surface area is 163 Å². The summed E-state index contributed by atoms with van der Waals surface area (Å²) < 4.78 is 7.10. The monoisotopic (exact) mass is 380 g/mol. The van der Waals surface area contributed by atoms with Gasteiger partial charge in [0, 0.05) is 30.9 Å². The summed E-state index contributed by atoms with van der Waals surface area (Å²) in [5, 5.41) is 8.46. The summed E-state index contributed by atoms with van der Waals surface area (Å²) in [5.74, 6) is 1.20. The lowest BCUT2D eigenvalue weighted by Gasteiger charge is -2.24. The van der Waals surface area contributed by atoms with E-state index in [1.807, 2.05) is 43.0 Å². The highest BCUT2D eigenvalue weighted by Crippen LogP contribution is 2.23. The normalized spacial score (nSPS) is 16.6. The van der Waals surface area contributed by atoms with Crippen LogP contribution in [-0.2, 0) is 17.8 Å². The summed E-state index contributed by atoms with van der Waals surface area (Å²) in [6, 6.07) is 7.77. The third-order valence-electron chi connectivity index (χ3n) is 5.14. The number of likely N-dealkylation sites (tertiary alicyclic amines) is 1. The van der Waals surface area contributed by atoms with Crippen LogP contribution in [0.25, 0.3) is 11.6 Å². The molecule has 0 spiro atoms. The summed E-state index contributed by atoms with van der Waals surface area (Å²) in [6.45, 7) is 5.01. The maximum absolute atomic E-state index is 12.8. The van der Waals surface area contributed by atoms with Crippen molar-refractivity contribution in [3.05, 3.63) is 47.7 Å². The Morgan fingerprint density at radius 1 is 1.32 bits per heavy atom. The summed E-state index contributed by atoms with van der Waals surface area (Å²) >= 11 is 0. The van der Waals surface area contributed by atoms with Gasteiger partial charge in [-0.2, -0.15) is 10.1 Å². The molecule has 1 amide bonds. The molecule has 0 aromatic carbocycles. The van der Waals surface area contributed by atoms with Gasteiger partial charge in [0.15, 0.2) is 5.82 Å². The third-order valence-corrected chi connectivity index (χ3v) is 5.14. The summed E-state index contributed by atoms with van der Waals surface area (Å²) in [7, 11) is 0. The molecule has 0 bridgehead atoms. The standard InChI is InChI=1S/C20H24N6O2/c1-14-12-15(2)26(23-14)13-19(27)25-11-5-6-16(25)8-9-18-22-20(28-24-18)17-7-3-4-10-21-17/h3-4,7,10,12,16H,5-6,8-9,11,13H2,1-2H3. The summed E-state index contributed by atoms with van der Waals surface area (Å²) in [4.78, 5) is 23.4. The second-order valence-electron chi connectivity index (χ2n) is 7.24. The van der Waals surface area contributed by atoms with Gasteiger partial charge in [0.25, 0.3) is 5.89 Å². The van der Waals surface area contributed by atoms with Gasteiger partial charge < -0.3 is 9.42 Å². The van der Waals surface area contributed by atoms with Crippen molar-refractivity contribution in [3.63, 3.8) is 0 Å². The molecule has 146 valence electrons. The van der Waals surface area contributed by atoms with Crippen LogP contribution in [0.1, 0.15) is 36.5 Å². The molecule has 1 aliphatic heterocycles. The minimum absolute atomic E-state index is 0.121. The van der Waals surface area contributed by atoms with Gasteiger partial charge in [0.1, 0.15) is 12.2 Å². The fourth-order valence-electron chi connectivity index (χ4n) is 3.76. The maximum Gasteiger partial charge on any atom is 0.276 e. The predicted octanol–water partition coefficient (Wildman–Crippen LogP) is 2.57. The van der Waals surface area contributed by atoms with Crippen molar-refractivity contribution < 1.29 is 9.32 Å². The number of aryl methyl sites for hydroxylation is 3. The minimum Gasteiger partial charge on any atom is -0.338 e. The number of aromatic nitrogens is 5. The van der Waals surface area contributed by atoms with Gasteiger partial charge in [-0.25, -0.2) is 0 Å². The Morgan fingerprint density at radius 2 is 2.21 bits per heavy atom. The quantitative estimate of drug-likeness (QED) is 0.653. The molecule has 0 N–H and O–H groups in total. The summed E-state index contributed by atoms with van der Waals surface area (Å²) in [5.41, 5.74) is 2.61. The van der Waals surface area contributed by atoms with E-state index in [0.717, 1.165) is 37.2 Å². The fraction of sp³-hybridized carbons (Fsp3) is 0.450. The first kappa shape index (κ1) is 18.3. The minimum atomic E-state index is 0.121. The van der Waals surface area contributed by atoms with E-state index in [0.29, 0.717) is 30.4 Å². The van der Waals surface area contributed by atoms with Crippen LogP contribution in [-0.4, -0.2) is 48.3 Å². The zero-order valence-corrected chi connectivity index (χ0v) is 16.2. The molecule has 0 radical (unpaired) electrons. The molecule has 3 aromatic heterocycles. The SMILES string of the molecule is Cc1cc(C)n(CC(=O)N2CCCC2CCc2noc(-c3ccccn3)n2)n1. The van der Waals surface area contributed by atoms with Crippen LogP contribution in [0, 0.1) is 13.8 Å². The van der Waals surface area contributed by atoms with E-state index in [4.69, 9.17) is 4.52 Å². The fourth-order valence-corrected chi connectivity index (χ4v) is 3.76. The largest absolute Gasteiger partial charge is 0.338 e. The molecular weight excluding hydrogens is 356 g/mol. The van der Waals surface area contributed by atoms with E-state index in [-0.39, 0.29) is 11.9 Å². The highest BCUT2D eigenvalue weighted by atomic mass is 16.5. The van der Waals surface area contributed by atoms with Gasteiger partial charge in [-0.3, -0.25) is 14.5 Å². The Kier molecular flexibility index (Phi) is 5.18. The van der Waals surface area contributed by atoms with Crippen LogP contribution >= 0.6 is 0 Å². The smallest absolute Gasteiger partial charge is 0.276 e. The molecule has 0 saturated carbocycles. The molecule has 1 unspecified atom stereocenters. The van der Waals surface area contributed by atoms with E-state index in [9.17, 15) is 4.79 Å². The number of carbonyl (C=O) groups excluding carboxylic acids is 1. The second-order valence-corrected chi connectivity index (χ2v) is 7.24. The van der Waals surface area contributed by atoms with Crippen molar-refractivity contribution in [1.82, 2.24) is 29.8 Å². The van der Waals surface area contributed by atoms with Gasteiger partial charge in [-0.05, 0) is 51.3 Å². The lowest BCUT2D eigenvalue weighted by Crippen LogP contribution is -2.38. The Balaban J connectivity index is 1.36. The molecule has 1 fully saturated rings. The average molecular weight is 380 g/mol. The van der Waals surface area contributed by atoms with Gasteiger partial charge in [0.2, 0.25) is 5.91 Å². The van der Waals surface area contributed by atoms with Gasteiger partial charge in [-0.15, -0.1) is 0 Å². The summed E-state index contributed by atoms with van der Waals surface area (Å²) in [6.07, 6.45) is 5.23. The van der Waals surface area contributed by atoms with Crippen molar-refractivity contribution in [3.8, 4) is 11.6 Å². The number of rotatable bonds is 6. The first-order valence-corrected chi connectivity index (χ1v) is 9.64. The molecule has 28 heavy (non-hydrogen) atoms. The lowest BCUT2D eigenvalue weighted by atomic mass is 10.1. The van der Waals surface area contributed by atoms with Crippen LogP contribution in [0.3, 0.4) is 0 Å². The molecule has 1 saturated heterocycles. The first-order valence-electron chi connectivity index (χ1n) is 9.64. The number of hydrogen-bond donors (Lipinski definition) is 0. The van der Waals surface area contributed by atoms with Crippen LogP contribution in [0.4, 0.5) is 0 Å². The molecule has 4 rings (SSSR count). The molecule has 8 nitrogen and oxygen atoms in total. The van der Waals surface area contributed by atoms with Crippen molar-refractivity contribution in [1.29, 1.82) is 0 Å². The number of amides is 1. The zero-order chi connectivity index (χ0) is 19.5. The molecular formula is C20H24N6O2. The average Bonchev–Trinajstić information content (AvgIpc) is 3.41. The van der Waals surface area contributed by atoms with Crippen molar-refractivity contribution in [2.24, 2.45) is 0 Å². The number of carbonyl (C=O) groups is 1. The third kappa shape index (κ3) is 3.95. The maximum atomic E-state index is 12.8. The Hall–Kier alpha value is -3.03. The molecule has 3 aromatic rings. The molecule has 4 heterocycles. The second kappa shape index (κ2) is 7.92. The number of pyridine rings is 1. The Bertz CT molecular complexity index is 949. The van der Waals surface area contributed by atoms with Crippen LogP contribution in [0.15, 0.2) is 35.0 Å². The van der Waals surface area contributed by atoms with Gasteiger partial charge in [-0.1, -0.05) is 11.2 Å². The highest BCUT2D eigenvalue weighted by molar-refractivity contribution is 5.76. The predicted molar refractivity (Wildman–Crippen MR) is 102 cm³/mol. The Morgan fingerprint density at radius 3 is 2.96 bits per heavy atom. The molecule has 1 atom stereocenters. The highest BCUT2D eigenvalue weighted by Gasteiger charge is 2.29. The number of nitrogens with zero attached hydrogens (tertiary/aromatic N) is 6. The van der Waals surface area contributed by atoms with Crippen LogP contribution in [0.5, 0.6) is 0 Å². The van der Waals surface area contributed by atoms with Crippen molar-refractivity contribution in [2.75, 3.05) is 6.54 Å². The van der Waals surface area contributed by atoms with E-state index in [1.54, 1.807) is 10.9 Å². The van der Waals surface area contributed by atoms with Crippen LogP contribution < -0.4 is 0 Å². The molecule has 0 aliphatic carbocycles. The number of hydrogen-bond acceptors (Lipinski definition) is 6. The zero-order valence-electron chi connectivity index (χ0n) is 16.2. The van der Waals surface area contributed by atoms with E-state index < -0.39 is 0 Å². The van der Waals surface area contributed by atoms with Gasteiger partial charge >= 0.3 is 0 Å². The van der Waals surface area contributed by atoms with E-state index >= 15 is 0 Å². The first-order chi connectivity index (χ1) is 13.6. The van der Waals surface area contributed by atoms with E-state index in [1.165, 1.54) is 0 Å². The molecule has 1 aliphatic rings. The topological polar surface area (TPSA) is 89.9 Å². The van der Waals surface area contributed by atoms with Crippen molar-refractivity contribution in [2.45, 2.75) is 52.1 Å². The lowest BCUT2D eigenvalue weighted by molar-refractivity contribution is -0.133. The molecule has 8 heteroatoms. The van der Waals surface area contributed by atoms with Crippen molar-refractivity contribution >= 4 is 5.91 Å². The van der Waals surface area contributed by atoms with E-state index in [2.05, 4.69) is 20.2 Å².